The Balaban J connectivity index is 2.43. The molecule has 0 unspecified atom stereocenters. The van der Waals surface area contributed by atoms with Gasteiger partial charge in [0.2, 0.25) is 0 Å². The molecule has 0 atom stereocenters. The Morgan fingerprint density at radius 3 is 2.47 bits per heavy atom. The van der Waals surface area contributed by atoms with Crippen molar-refractivity contribution < 1.29 is 9.31 Å². The van der Waals surface area contributed by atoms with Crippen molar-refractivity contribution in [3.05, 3.63) is 72.8 Å². The van der Waals surface area contributed by atoms with Crippen molar-refractivity contribution in [1.82, 2.24) is 9.55 Å². The monoisotopic (exact) mass is 265 g/mol. The third kappa shape index (κ3) is 2.73. The van der Waals surface area contributed by atoms with Crippen LogP contribution in [0, 0.1) is 15.9 Å². The van der Waals surface area contributed by atoms with E-state index in [9.17, 15) is 24.1 Å². The molecule has 0 aliphatic heterocycles. The Morgan fingerprint density at radius 1 is 1.26 bits per heavy atom. The Morgan fingerprint density at radius 2 is 1.89 bits per heavy atom. The molecule has 0 spiro atoms. The molecule has 0 saturated carbocycles. The van der Waals surface area contributed by atoms with E-state index < -0.39 is 27.7 Å². The molecule has 2 aromatic rings. The van der Waals surface area contributed by atoms with Crippen LogP contribution in [0.15, 0.2) is 40.1 Å². The Bertz CT molecular complexity index is 733. The zero-order valence-corrected chi connectivity index (χ0v) is 9.50. The lowest BCUT2D eigenvalue weighted by Gasteiger charge is -2.04. The fraction of sp³-hybridized carbons (Fsp3) is 0.0909. The number of benzene rings is 1. The topological polar surface area (TPSA) is 98.0 Å². The summed E-state index contributed by atoms with van der Waals surface area (Å²) in [5, 5.41) is 10.6. The summed E-state index contributed by atoms with van der Waals surface area (Å²) in [5.74, 6) is -0.427. The average molecular weight is 265 g/mol. The molecule has 1 aromatic heterocycles. The number of nitrogens with one attached hydrogen (secondary N) is 1. The van der Waals surface area contributed by atoms with Gasteiger partial charge < -0.3 is 0 Å². The van der Waals surface area contributed by atoms with E-state index in [1.54, 1.807) is 0 Å². The van der Waals surface area contributed by atoms with Crippen LogP contribution in [0.4, 0.5) is 10.1 Å². The zero-order chi connectivity index (χ0) is 14.0. The molecule has 0 aliphatic carbocycles. The number of hydrogen-bond donors (Lipinski definition) is 1. The molecule has 1 heterocycles. The number of hydrogen-bond acceptors (Lipinski definition) is 4. The van der Waals surface area contributed by atoms with Crippen LogP contribution >= 0.6 is 0 Å². The first-order valence-corrected chi connectivity index (χ1v) is 5.20. The maximum absolute atomic E-state index is 12.7. The van der Waals surface area contributed by atoms with Gasteiger partial charge >= 0.3 is 16.9 Å². The number of nitrogens with zero attached hydrogens (tertiary/aromatic N) is 2. The van der Waals surface area contributed by atoms with E-state index in [1.807, 2.05) is 4.98 Å². The molecule has 1 aromatic carbocycles. The van der Waals surface area contributed by atoms with Crippen LogP contribution in [-0.4, -0.2) is 14.5 Å². The van der Waals surface area contributed by atoms with Gasteiger partial charge in [0.1, 0.15) is 5.82 Å². The van der Waals surface area contributed by atoms with E-state index in [1.165, 1.54) is 24.3 Å². The predicted molar refractivity (Wildman–Crippen MR) is 63.5 cm³/mol. The molecule has 19 heavy (non-hydrogen) atoms. The van der Waals surface area contributed by atoms with Gasteiger partial charge in [0, 0.05) is 0 Å². The molecule has 0 aliphatic rings. The highest BCUT2D eigenvalue weighted by Crippen LogP contribution is 2.05. The molecule has 0 saturated heterocycles. The number of rotatable bonds is 3. The quantitative estimate of drug-likeness (QED) is 0.650. The summed E-state index contributed by atoms with van der Waals surface area (Å²) >= 11 is 0. The number of H-pyrrole nitrogens is 1. The highest BCUT2D eigenvalue weighted by Gasteiger charge is 2.14. The van der Waals surface area contributed by atoms with Crippen molar-refractivity contribution >= 4 is 5.69 Å². The summed E-state index contributed by atoms with van der Waals surface area (Å²) in [6.45, 7) is -0.00324. The van der Waals surface area contributed by atoms with Crippen molar-refractivity contribution in [3.8, 4) is 0 Å². The van der Waals surface area contributed by atoms with Crippen LogP contribution in [0.25, 0.3) is 0 Å². The lowest BCUT2D eigenvalue weighted by Crippen LogP contribution is -2.31. The molecule has 1 N–H and O–H groups in total. The zero-order valence-electron chi connectivity index (χ0n) is 9.50. The van der Waals surface area contributed by atoms with E-state index in [-0.39, 0.29) is 6.54 Å². The largest absolute Gasteiger partial charge is 0.350 e. The lowest BCUT2D eigenvalue weighted by atomic mass is 10.2. The second-order valence-electron chi connectivity index (χ2n) is 3.79. The van der Waals surface area contributed by atoms with Gasteiger partial charge in [-0.1, -0.05) is 12.1 Å². The van der Waals surface area contributed by atoms with Gasteiger partial charge in [0.15, 0.2) is 0 Å². The third-order valence-corrected chi connectivity index (χ3v) is 2.45. The van der Waals surface area contributed by atoms with E-state index in [2.05, 4.69) is 0 Å². The summed E-state index contributed by atoms with van der Waals surface area (Å²) in [4.78, 5) is 34.3. The smallest absolute Gasteiger partial charge is 0.289 e. The van der Waals surface area contributed by atoms with Crippen LogP contribution in [0.3, 0.4) is 0 Å². The van der Waals surface area contributed by atoms with Crippen LogP contribution < -0.4 is 11.2 Å². The maximum Gasteiger partial charge on any atom is 0.350 e. The molecule has 8 heteroatoms. The number of nitro groups is 1. The van der Waals surface area contributed by atoms with Gasteiger partial charge in [-0.2, -0.15) is 0 Å². The van der Waals surface area contributed by atoms with Crippen LogP contribution in [0.1, 0.15) is 5.56 Å². The predicted octanol–water partition coefficient (Wildman–Crippen LogP) is 0.632. The highest BCUT2D eigenvalue weighted by atomic mass is 19.1. The first kappa shape index (κ1) is 12.7. The molecule has 2 rings (SSSR count). The van der Waals surface area contributed by atoms with Gasteiger partial charge in [-0.25, -0.2) is 9.18 Å². The summed E-state index contributed by atoms with van der Waals surface area (Å²) < 4.78 is 13.7. The minimum Gasteiger partial charge on any atom is -0.289 e. The molecule has 0 radical (unpaired) electrons. The van der Waals surface area contributed by atoms with Gasteiger partial charge in [-0.05, 0) is 17.7 Å². The summed E-state index contributed by atoms with van der Waals surface area (Å²) in [7, 11) is 0. The van der Waals surface area contributed by atoms with E-state index >= 15 is 0 Å². The first-order valence-electron chi connectivity index (χ1n) is 5.20. The van der Waals surface area contributed by atoms with Gasteiger partial charge in [-0.3, -0.25) is 24.5 Å². The van der Waals surface area contributed by atoms with Crippen molar-refractivity contribution in [2.75, 3.05) is 0 Å². The second-order valence-corrected chi connectivity index (χ2v) is 3.79. The van der Waals surface area contributed by atoms with Crippen molar-refractivity contribution in [3.63, 3.8) is 0 Å². The molecule has 7 nitrogen and oxygen atoms in total. The number of aromatic nitrogens is 2. The number of aromatic amines is 1. The SMILES string of the molecule is O=c1[nH]c(=O)n(Cc2ccc(F)cc2)cc1[N+](=O)[O-]. The van der Waals surface area contributed by atoms with E-state index in [0.29, 0.717) is 5.56 Å². The Labute approximate surface area is 105 Å². The first-order chi connectivity index (χ1) is 8.97. The van der Waals surface area contributed by atoms with E-state index in [4.69, 9.17) is 0 Å². The van der Waals surface area contributed by atoms with Crippen LogP contribution in [0.2, 0.25) is 0 Å². The van der Waals surface area contributed by atoms with Gasteiger partial charge in [0.05, 0.1) is 17.7 Å². The average Bonchev–Trinajstić information content (AvgIpc) is 2.34. The summed E-state index contributed by atoms with van der Waals surface area (Å²) in [5.41, 5.74) is -1.96. The molecule has 0 bridgehead atoms. The van der Waals surface area contributed by atoms with Gasteiger partial charge in [-0.15, -0.1) is 0 Å². The Kier molecular flexibility index (Phi) is 3.23. The normalized spacial score (nSPS) is 10.4. The maximum atomic E-state index is 12.7. The molecule has 0 fully saturated rings. The Hall–Kier alpha value is -2.77. The minimum atomic E-state index is -1.05. The van der Waals surface area contributed by atoms with Crippen molar-refractivity contribution in [1.29, 1.82) is 0 Å². The fourth-order valence-electron chi connectivity index (χ4n) is 1.53. The summed E-state index contributed by atoms with van der Waals surface area (Å²) in [6, 6.07) is 5.30. The third-order valence-electron chi connectivity index (χ3n) is 2.45. The van der Waals surface area contributed by atoms with Crippen molar-refractivity contribution in [2.45, 2.75) is 6.54 Å². The molecule has 98 valence electrons. The fourth-order valence-corrected chi connectivity index (χ4v) is 1.53. The molecular weight excluding hydrogens is 257 g/mol. The molecule has 0 amide bonds. The van der Waals surface area contributed by atoms with Crippen LogP contribution in [0.5, 0.6) is 0 Å². The molecular formula is C11H8FN3O4. The number of halogens is 1. The lowest BCUT2D eigenvalue weighted by molar-refractivity contribution is -0.386. The standard InChI is InChI=1S/C11H8FN3O4/c12-8-3-1-7(2-4-8)5-14-6-9(15(18)19)10(16)13-11(14)17/h1-4,6H,5H2,(H,13,16,17). The van der Waals surface area contributed by atoms with Crippen LogP contribution in [-0.2, 0) is 6.54 Å². The highest BCUT2D eigenvalue weighted by molar-refractivity contribution is 5.22. The van der Waals surface area contributed by atoms with E-state index in [0.717, 1.165) is 10.8 Å². The minimum absolute atomic E-state index is 0.00324. The summed E-state index contributed by atoms with van der Waals surface area (Å²) in [6.07, 6.45) is 0.866. The van der Waals surface area contributed by atoms with Gasteiger partial charge in [0.25, 0.3) is 0 Å². The second kappa shape index (κ2) is 4.84. The van der Waals surface area contributed by atoms with Crippen molar-refractivity contribution in [2.24, 2.45) is 0 Å².